The molecule has 0 saturated carbocycles. The minimum absolute atomic E-state index is 0.126. The fourth-order valence-electron chi connectivity index (χ4n) is 1.49. The van der Waals surface area contributed by atoms with Gasteiger partial charge in [0, 0.05) is 26.2 Å². The SMILES string of the molecule is CCOC(CC(OCC)C(C)C)OCC. The fourth-order valence-corrected chi connectivity index (χ4v) is 1.49. The summed E-state index contributed by atoms with van der Waals surface area (Å²) in [5.41, 5.74) is 0. The van der Waals surface area contributed by atoms with Gasteiger partial charge < -0.3 is 14.2 Å². The first-order valence-corrected chi connectivity index (χ1v) is 6.00. The molecule has 0 rings (SSSR count). The summed E-state index contributed by atoms with van der Waals surface area (Å²) >= 11 is 0. The van der Waals surface area contributed by atoms with Gasteiger partial charge in [0.2, 0.25) is 0 Å². The maximum Gasteiger partial charge on any atom is 0.160 e. The van der Waals surface area contributed by atoms with E-state index < -0.39 is 0 Å². The van der Waals surface area contributed by atoms with Crippen molar-refractivity contribution < 1.29 is 14.2 Å². The largest absolute Gasteiger partial charge is 0.378 e. The third kappa shape index (κ3) is 6.88. The summed E-state index contributed by atoms with van der Waals surface area (Å²) in [4.78, 5) is 0. The van der Waals surface area contributed by atoms with Crippen LogP contribution >= 0.6 is 0 Å². The first-order valence-electron chi connectivity index (χ1n) is 6.00. The Balaban J connectivity index is 4.06. The summed E-state index contributed by atoms with van der Waals surface area (Å²) < 4.78 is 16.7. The van der Waals surface area contributed by atoms with E-state index in [4.69, 9.17) is 14.2 Å². The molecular formula is C12H26O3. The number of hydrogen-bond acceptors (Lipinski definition) is 3. The molecule has 0 N–H and O–H groups in total. The zero-order chi connectivity index (χ0) is 11.7. The van der Waals surface area contributed by atoms with Crippen molar-refractivity contribution >= 4 is 0 Å². The first kappa shape index (κ1) is 14.9. The van der Waals surface area contributed by atoms with Gasteiger partial charge in [-0.05, 0) is 26.7 Å². The van der Waals surface area contributed by atoms with Crippen LogP contribution in [-0.4, -0.2) is 32.2 Å². The van der Waals surface area contributed by atoms with E-state index in [2.05, 4.69) is 13.8 Å². The highest BCUT2D eigenvalue weighted by Gasteiger charge is 2.20. The van der Waals surface area contributed by atoms with E-state index in [0.717, 1.165) is 13.0 Å². The lowest BCUT2D eigenvalue weighted by molar-refractivity contribution is -0.161. The number of ether oxygens (including phenoxy) is 3. The van der Waals surface area contributed by atoms with Crippen LogP contribution in [0.15, 0.2) is 0 Å². The first-order chi connectivity index (χ1) is 7.15. The third-order valence-corrected chi connectivity index (χ3v) is 2.25. The van der Waals surface area contributed by atoms with Gasteiger partial charge in [-0.15, -0.1) is 0 Å². The number of hydrogen-bond donors (Lipinski definition) is 0. The summed E-state index contributed by atoms with van der Waals surface area (Å²) in [6.07, 6.45) is 0.907. The Bertz CT molecular complexity index is 131. The van der Waals surface area contributed by atoms with E-state index in [1.807, 2.05) is 20.8 Å². The lowest BCUT2D eigenvalue weighted by atomic mass is 10.0. The van der Waals surface area contributed by atoms with Crippen LogP contribution in [-0.2, 0) is 14.2 Å². The van der Waals surface area contributed by atoms with Crippen LogP contribution in [0.4, 0.5) is 0 Å². The minimum atomic E-state index is -0.126. The Morgan fingerprint density at radius 1 is 0.800 bits per heavy atom. The summed E-state index contributed by atoms with van der Waals surface area (Å²) in [6.45, 7) is 12.4. The molecule has 1 unspecified atom stereocenters. The fraction of sp³-hybridized carbons (Fsp3) is 1.00. The van der Waals surface area contributed by atoms with Crippen molar-refractivity contribution in [3.63, 3.8) is 0 Å². The standard InChI is InChI=1S/C12H26O3/c1-6-13-11(10(4)5)9-12(14-7-2)15-8-3/h10-12H,6-9H2,1-5H3. The number of rotatable bonds is 9. The monoisotopic (exact) mass is 218 g/mol. The predicted octanol–water partition coefficient (Wildman–Crippen LogP) is 2.84. The van der Waals surface area contributed by atoms with Crippen molar-refractivity contribution in [2.45, 2.75) is 53.4 Å². The van der Waals surface area contributed by atoms with Crippen molar-refractivity contribution in [3.8, 4) is 0 Å². The van der Waals surface area contributed by atoms with Gasteiger partial charge in [-0.25, -0.2) is 0 Å². The highest BCUT2D eigenvalue weighted by Crippen LogP contribution is 2.15. The molecule has 0 radical (unpaired) electrons. The molecule has 0 amide bonds. The molecule has 3 nitrogen and oxygen atoms in total. The van der Waals surface area contributed by atoms with Crippen molar-refractivity contribution in [1.82, 2.24) is 0 Å². The van der Waals surface area contributed by atoms with Crippen molar-refractivity contribution in [1.29, 1.82) is 0 Å². The van der Waals surface area contributed by atoms with Gasteiger partial charge in [0.15, 0.2) is 6.29 Å². The van der Waals surface area contributed by atoms with Crippen LogP contribution in [0.2, 0.25) is 0 Å². The Hall–Kier alpha value is -0.120. The van der Waals surface area contributed by atoms with Crippen molar-refractivity contribution in [2.24, 2.45) is 5.92 Å². The smallest absolute Gasteiger partial charge is 0.160 e. The van der Waals surface area contributed by atoms with Crippen LogP contribution in [0, 0.1) is 5.92 Å². The van der Waals surface area contributed by atoms with E-state index >= 15 is 0 Å². The molecular weight excluding hydrogens is 192 g/mol. The quantitative estimate of drug-likeness (QED) is 0.557. The molecule has 0 fully saturated rings. The predicted molar refractivity (Wildman–Crippen MR) is 61.9 cm³/mol. The molecule has 0 saturated heterocycles. The van der Waals surface area contributed by atoms with Gasteiger partial charge in [-0.3, -0.25) is 0 Å². The van der Waals surface area contributed by atoms with E-state index in [1.165, 1.54) is 0 Å². The van der Waals surface area contributed by atoms with Crippen molar-refractivity contribution in [2.75, 3.05) is 19.8 Å². The van der Waals surface area contributed by atoms with Gasteiger partial charge in [0.05, 0.1) is 6.10 Å². The van der Waals surface area contributed by atoms with Gasteiger partial charge in [-0.2, -0.15) is 0 Å². The molecule has 0 spiro atoms. The maximum absolute atomic E-state index is 5.67. The van der Waals surface area contributed by atoms with Crippen LogP contribution < -0.4 is 0 Å². The minimum Gasteiger partial charge on any atom is -0.378 e. The van der Waals surface area contributed by atoms with E-state index in [0.29, 0.717) is 19.1 Å². The molecule has 1 atom stereocenters. The molecule has 3 heteroatoms. The van der Waals surface area contributed by atoms with Gasteiger partial charge in [0.1, 0.15) is 0 Å². The Kier molecular flexibility index (Phi) is 9.06. The lowest BCUT2D eigenvalue weighted by Crippen LogP contribution is -2.29. The van der Waals surface area contributed by atoms with Crippen LogP contribution in [0.1, 0.15) is 41.0 Å². The van der Waals surface area contributed by atoms with Crippen LogP contribution in [0.3, 0.4) is 0 Å². The third-order valence-electron chi connectivity index (χ3n) is 2.25. The second-order valence-electron chi connectivity index (χ2n) is 3.81. The normalized spacial score (nSPS) is 13.8. The highest BCUT2D eigenvalue weighted by atomic mass is 16.7. The molecule has 0 aliphatic carbocycles. The van der Waals surface area contributed by atoms with Crippen LogP contribution in [0.5, 0.6) is 0 Å². The Morgan fingerprint density at radius 3 is 1.60 bits per heavy atom. The van der Waals surface area contributed by atoms with E-state index in [9.17, 15) is 0 Å². The second kappa shape index (κ2) is 9.13. The molecule has 0 aliphatic heterocycles. The highest BCUT2D eigenvalue weighted by molar-refractivity contribution is 4.64. The van der Waals surface area contributed by atoms with Crippen molar-refractivity contribution in [3.05, 3.63) is 0 Å². The summed E-state index contributed by atoms with van der Waals surface area (Å²) in [6, 6.07) is 0. The zero-order valence-corrected chi connectivity index (χ0v) is 10.8. The van der Waals surface area contributed by atoms with Gasteiger partial charge >= 0.3 is 0 Å². The Morgan fingerprint density at radius 2 is 1.27 bits per heavy atom. The molecule has 0 bridgehead atoms. The average Bonchev–Trinajstić information content (AvgIpc) is 2.17. The lowest BCUT2D eigenvalue weighted by Gasteiger charge is -2.25. The summed E-state index contributed by atoms with van der Waals surface area (Å²) in [5, 5.41) is 0. The molecule has 0 heterocycles. The molecule has 0 aromatic carbocycles. The Labute approximate surface area is 94.1 Å². The van der Waals surface area contributed by atoms with Gasteiger partial charge in [-0.1, -0.05) is 13.8 Å². The molecule has 0 aromatic heterocycles. The van der Waals surface area contributed by atoms with E-state index in [1.54, 1.807) is 0 Å². The summed E-state index contributed by atoms with van der Waals surface area (Å²) in [7, 11) is 0. The topological polar surface area (TPSA) is 27.7 Å². The average molecular weight is 218 g/mol. The summed E-state index contributed by atoms with van der Waals surface area (Å²) in [5.74, 6) is 0.494. The molecule has 0 aromatic rings. The van der Waals surface area contributed by atoms with Crippen LogP contribution in [0.25, 0.3) is 0 Å². The molecule has 15 heavy (non-hydrogen) atoms. The van der Waals surface area contributed by atoms with Gasteiger partial charge in [0.25, 0.3) is 0 Å². The molecule has 0 aliphatic rings. The maximum atomic E-state index is 5.67. The zero-order valence-electron chi connectivity index (χ0n) is 10.8. The van der Waals surface area contributed by atoms with E-state index in [-0.39, 0.29) is 12.4 Å². The second-order valence-corrected chi connectivity index (χ2v) is 3.81. The molecule has 92 valence electrons.